The zero-order valence-corrected chi connectivity index (χ0v) is 12.4. The summed E-state index contributed by atoms with van der Waals surface area (Å²) in [6.07, 6.45) is -0.252. The standard InChI is InChI=1S/C13H20N6O3/c1-6(3-14)13(2)9(21)8(20)12(22-13)19-5-18-7-10(15)16-4-17-11(7)19/h4-6,8-9,12,20-21H,3,14H2,1-2H3,(H2,15,16,17)/t6-,8?,9?,12?,13+/m1/s1. The minimum atomic E-state index is -1.13. The number of fused-ring (bicyclic) bond motifs is 1. The topological polar surface area (TPSA) is 145 Å². The molecule has 0 amide bonds. The Bertz CT molecular complexity index is 691. The van der Waals surface area contributed by atoms with Gasteiger partial charge < -0.3 is 26.4 Å². The Balaban J connectivity index is 2.03. The third-order valence-corrected chi connectivity index (χ3v) is 4.57. The lowest BCUT2D eigenvalue weighted by molar-refractivity contribution is -0.118. The highest BCUT2D eigenvalue weighted by Gasteiger charge is 2.54. The van der Waals surface area contributed by atoms with E-state index in [9.17, 15) is 10.2 Å². The molecule has 9 nitrogen and oxygen atoms in total. The molecule has 6 N–H and O–H groups in total. The SMILES string of the molecule is C[C@H](CN)[C@]1(C)OC(n2cnc3c(N)ncnc32)C(O)C1O. The van der Waals surface area contributed by atoms with Crippen LogP contribution >= 0.6 is 0 Å². The molecule has 2 aromatic heterocycles. The number of hydrogen-bond acceptors (Lipinski definition) is 8. The number of hydrogen-bond donors (Lipinski definition) is 4. The van der Waals surface area contributed by atoms with Crippen molar-refractivity contribution in [1.82, 2.24) is 19.5 Å². The van der Waals surface area contributed by atoms with Gasteiger partial charge in [-0.05, 0) is 19.4 Å². The fourth-order valence-electron chi connectivity index (χ4n) is 2.81. The van der Waals surface area contributed by atoms with Crippen molar-refractivity contribution in [2.45, 2.75) is 37.9 Å². The molecule has 9 heteroatoms. The quantitative estimate of drug-likeness (QED) is 0.565. The van der Waals surface area contributed by atoms with Gasteiger partial charge in [-0.25, -0.2) is 15.0 Å². The van der Waals surface area contributed by atoms with Crippen LogP contribution in [0.3, 0.4) is 0 Å². The lowest BCUT2D eigenvalue weighted by Gasteiger charge is -2.33. The van der Waals surface area contributed by atoms with Crippen LogP contribution in [0.25, 0.3) is 11.2 Å². The van der Waals surface area contributed by atoms with Gasteiger partial charge in [0.05, 0.1) is 6.33 Å². The number of imidazole rings is 1. The summed E-state index contributed by atoms with van der Waals surface area (Å²) in [7, 11) is 0. The van der Waals surface area contributed by atoms with E-state index in [0.717, 1.165) is 0 Å². The summed E-state index contributed by atoms with van der Waals surface area (Å²) >= 11 is 0. The van der Waals surface area contributed by atoms with E-state index in [1.165, 1.54) is 12.7 Å². The zero-order valence-electron chi connectivity index (χ0n) is 12.4. The average Bonchev–Trinajstić information content (AvgIpc) is 3.03. The van der Waals surface area contributed by atoms with E-state index >= 15 is 0 Å². The van der Waals surface area contributed by atoms with E-state index in [4.69, 9.17) is 16.2 Å². The summed E-state index contributed by atoms with van der Waals surface area (Å²) in [5.74, 6) is 0.103. The third kappa shape index (κ3) is 1.97. The van der Waals surface area contributed by atoms with E-state index in [0.29, 0.717) is 17.7 Å². The highest BCUT2D eigenvalue weighted by Crippen LogP contribution is 2.42. The van der Waals surface area contributed by atoms with Crippen LogP contribution in [-0.4, -0.2) is 54.1 Å². The molecule has 3 heterocycles. The van der Waals surface area contributed by atoms with Crippen molar-refractivity contribution >= 4 is 17.0 Å². The molecule has 0 bridgehead atoms. The van der Waals surface area contributed by atoms with E-state index < -0.39 is 24.0 Å². The number of nitrogens with two attached hydrogens (primary N) is 2. The Morgan fingerprint density at radius 3 is 2.82 bits per heavy atom. The smallest absolute Gasteiger partial charge is 0.167 e. The Hall–Kier alpha value is -1.81. The van der Waals surface area contributed by atoms with E-state index in [2.05, 4.69) is 15.0 Å². The summed E-state index contributed by atoms with van der Waals surface area (Å²) in [6.45, 7) is 3.93. The number of nitrogen functional groups attached to an aromatic ring is 1. The highest BCUT2D eigenvalue weighted by atomic mass is 16.6. The van der Waals surface area contributed by atoms with Crippen molar-refractivity contribution in [1.29, 1.82) is 0 Å². The number of rotatable bonds is 3. The van der Waals surface area contributed by atoms with Crippen molar-refractivity contribution in [3.05, 3.63) is 12.7 Å². The number of nitrogens with zero attached hydrogens (tertiary/aromatic N) is 4. The number of aromatic nitrogens is 4. The van der Waals surface area contributed by atoms with E-state index in [1.807, 2.05) is 6.92 Å². The first-order valence-electron chi connectivity index (χ1n) is 7.07. The second kappa shape index (κ2) is 5.13. The molecule has 120 valence electrons. The molecule has 0 aliphatic carbocycles. The second-order valence-corrected chi connectivity index (χ2v) is 5.85. The van der Waals surface area contributed by atoms with Gasteiger partial charge in [0.25, 0.3) is 0 Å². The number of aliphatic hydroxyl groups is 2. The molecule has 5 atom stereocenters. The third-order valence-electron chi connectivity index (χ3n) is 4.57. The number of anilines is 1. The van der Waals surface area contributed by atoms with E-state index in [1.54, 1.807) is 11.5 Å². The normalized spacial score (nSPS) is 33.4. The van der Waals surface area contributed by atoms with E-state index in [-0.39, 0.29) is 11.7 Å². The van der Waals surface area contributed by atoms with Crippen molar-refractivity contribution in [2.75, 3.05) is 12.3 Å². The van der Waals surface area contributed by atoms with Gasteiger partial charge in [0.15, 0.2) is 17.7 Å². The first kappa shape index (κ1) is 15.1. The summed E-state index contributed by atoms with van der Waals surface area (Å²) in [4.78, 5) is 12.2. The lowest BCUT2D eigenvalue weighted by atomic mass is 9.85. The molecule has 0 saturated carbocycles. The monoisotopic (exact) mass is 308 g/mol. The molecule has 22 heavy (non-hydrogen) atoms. The minimum Gasteiger partial charge on any atom is -0.387 e. The predicted molar refractivity (Wildman–Crippen MR) is 78.5 cm³/mol. The van der Waals surface area contributed by atoms with Gasteiger partial charge in [-0.3, -0.25) is 4.57 Å². The highest BCUT2D eigenvalue weighted by molar-refractivity contribution is 5.81. The van der Waals surface area contributed by atoms with Crippen LogP contribution in [0.2, 0.25) is 0 Å². The molecule has 3 unspecified atom stereocenters. The molecule has 1 aliphatic rings. The fraction of sp³-hybridized carbons (Fsp3) is 0.615. The fourth-order valence-corrected chi connectivity index (χ4v) is 2.81. The van der Waals surface area contributed by atoms with Crippen molar-refractivity contribution < 1.29 is 14.9 Å². The number of ether oxygens (including phenoxy) is 1. The maximum absolute atomic E-state index is 10.4. The van der Waals surface area contributed by atoms with Gasteiger partial charge >= 0.3 is 0 Å². The minimum absolute atomic E-state index is 0.142. The number of aliphatic hydroxyl groups excluding tert-OH is 2. The van der Waals surface area contributed by atoms with Crippen LogP contribution in [0.1, 0.15) is 20.1 Å². The molecule has 2 aromatic rings. The molecule has 0 aromatic carbocycles. The van der Waals surface area contributed by atoms with Crippen LogP contribution < -0.4 is 11.5 Å². The summed E-state index contributed by atoms with van der Waals surface area (Å²) in [6, 6.07) is 0. The van der Waals surface area contributed by atoms with Gasteiger partial charge in [-0.2, -0.15) is 0 Å². The Kier molecular flexibility index (Phi) is 3.52. The molecule has 0 spiro atoms. The molecule has 0 radical (unpaired) electrons. The second-order valence-electron chi connectivity index (χ2n) is 5.85. The van der Waals surface area contributed by atoms with Gasteiger partial charge in [-0.15, -0.1) is 0 Å². The summed E-state index contributed by atoms with van der Waals surface area (Å²) < 4.78 is 7.51. The largest absolute Gasteiger partial charge is 0.387 e. The van der Waals surface area contributed by atoms with Crippen LogP contribution in [0.4, 0.5) is 5.82 Å². The van der Waals surface area contributed by atoms with Gasteiger partial charge in [0.2, 0.25) is 0 Å². The van der Waals surface area contributed by atoms with Gasteiger partial charge in [0.1, 0.15) is 29.7 Å². The first-order valence-corrected chi connectivity index (χ1v) is 7.07. The zero-order chi connectivity index (χ0) is 16.1. The average molecular weight is 308 g/mol. The Labute approximate surface area is 126 Å². The lowest BCUT2D eigenvalue weighted by Crippen LogP contribution is -2.48. The maximum Gasteiger partial charge on any atom is 0.167 e. The van der Waals surface area contributed by atoms with Gasteiger partial charge in [0, 0.05) is 0 Å². The van der Waals surface area contributed by atoms with Crippen LogP contribution in [0.15, 0.2) is 12.7 Å². The van der Waals surface area contributed by atoms with Crippen molar-refractivity contribution in [3.63, 3.8) is 0 Å². The van der Waals surface area contributed by atoms with Gasteiger partial charge in [-0.1, -0.05) is 6.92 Å². The van der Waals surface area contributed by atoms with Crippen LogP contribution in [-0.2, 0) is 4.74 Å². The van der Waals surface area contributed by atoms with Crippen molar-refractivity contribution in [3.8, 4) is 0 Å². The Morgan fingerprint density at radius 1 is 1.41 bits per heavy atom. The molecule has 1 aliphatic heterocycles. The van der Waals surface area contributed by atoms with Crippen molar-refractivity contribution in [2.24, 2.45) is 11.7 Å². The van der Waals surface area contributed by atoms with Crippen LogP contribution in [0, 0.1) is 5.92 Å². The molecule has 3 rings (SSSR count). The molecular formula is C13H20N6O3. The summed E-state index contributed by atoms with van der Waals surface area (Å²) in [5.41, 5.74) is 11.3. The molecular weight excluding hydrogens is 288 g/mol. The van der Waals surface area contributed by atoms with Crippen LogP contribution in [0.5, 0.6) is 0 Å². The molecule has 1 fully saturated rings. The predicted octanol–water partition coefficient (Wildman–Crippen LogP) is -0.987. The summed E-state index contributed by atoms with van der Waals surface area (Å²) in [5, 5.41) is 20.8. The molecule has 1 saturated heterocycles. The first-order chi connectivity index (χ1) is 10.4. The Morgan fingerprint density at radius 2 is 2.14 bits per heavy atom. The maximum atomic E-state index is 10.4.